The van der Waals surface area contributed by atoms with E-state index in [0.717, 1.165) is 22.3 Å². The fourth-order valence-electron chi connectivity index (χ4n) is 4.35. The summed E-state index contributed by atoms with van der Waals surface area (Å²) < 4.78 is 13.2. The molecule has 1 amide bonds. The Morgan fingerprint density at radius 3 is 2.40 bits per heavy atom. The summed E-state index contributed by atoms with van der Waals surface area (Å²) in [4.78, 5) is 26.1. The lowest BCUT2D eigenvalue weighted by Crippen LogP contribution is -2.50. The third kappa shape index (κ3) is 4.52. The van der Waals surface area contributed by atoms with E-state index in [-0.39, 0.29) is 5.75 Å². The molecule has 1 aromatic heterocycles. The highest BCUT2D eigenvalue weighted by atomic mass is 19.1. The molecule has 8 heteroatoms. The molecule has 0 radical (unpaired) electrons. The number of phenols is 1. The molecule has 35 heavy (non-hydrogen) atoms. The van der Waals surface area contributed by atoms with Gasteiger partial charge in [-0.2, -0.15) is 0 Å². The number of anilines is 1. The maximum Gasteiger partial charge on any atom is 0.256 e. The van der Waals surface area contributed by atoms with Gasteiger partial charge >= 0.3 is 0 Å². The van der Waals surface area contributed by atoms with Gasteiger partial charge in [0.2, 0.25) is 0 Å². The van der Waals surface area contributed by atoms with E-state index in [1.54, 1.807) is 23.1 Å². The number of phenolic OH excluding ortho intramolecular Hbond substituents is 1. The van der Waals surface area contributed by atoms with E-state index < -0.39 is 17.8 Å². The van der Waals surface area contributed by atoms with Gasteiger partial charge in [-0.05, 0) is 54.4 Å². The molecule has 3 aromatic carbocycles. The molecule has 5 rings (SSSR count). The Kier molecular flexibility index (Phi) is 6.05. The lowest BCUT2D eigenvalue weighted by Gasteiger charge is -2.36. The largest absolute Gasteiger partial charge is 0.507 e. The summed E-state index contributed by atoms with van der Waals surface area (Å²) in [6.45, 7) is 3.84. The Labute approximate surface area is 202 Å². The summed E-state index contributed by atoms with van der Waals surface area (Å²) in [5.41, 5.74) is 2.76. The van der Waals surface area contributed by atoms with Crippen LogP contribution in [0.1, 0.15) is 17.2 Å². The van der Waals surface area contributed by atoms with Crippen LogP contribution in [0.2, 0.25) is 0 Å². The zero-order valence-corrected chi connectivity index (χ0v) is 19.2. The number of nitrogens with zero attached hydrogens (tertiary/aromatic N) is 4. The molecule has 178 valence electrons. The van der Waals surface area contributed by atoms with Gasteiger partial charge in [-0.3, -0.25) is 4.79 Å². The number of aliphatic hydroxyl groups excluding tert-OH is 1. The minimum Gasteiger partial charge on any atom is -0.507 e. The smallest absolute Gasteiger partial charge is 0.256 e. The molecule has 1 aliphatic heterocycles. The third-order valence-corrected chi connectivity index (χ3v) is 6.29. The molecular formula is C27H25FN4O3. The molecule has 1 saturated heterocycles. The van der Waals surface area contributed by atoms with Crippen molar-refractivity contribution in [2.24, 2.45) is 0 Å². The monoisotopic (exact) mass is 472 g/mol. The zero-order valence-electron chi connectivity index (χ0n) is 19.2. The molecule has 1 atom stereocenters. The number of aryl methyl sites for hydroxylation is 1. The Hall–Kier alpha value is -4.04. The van der Waals surface area contributed by atoms with Crippen LogP contribution in [-0.2, 0) is 4.79 Å². The minimum absolute atomic E-state index is 0.107. The maximum absolute atomic E-state index is 13.2. The first-order valence-corrected chi connectivity index (χ1v) is 11.4. The first-order valence-electron chi connectivity index (χ1n) is 11.4. The molecule has 0 bridgehead atoms. The van der Waals surface area contributed by atoms with Gasteiger partial charge in [0.25, 0.3) is 5.91 Å². The predicted molar refractivity (Wildman–Crippen MR) is 132 cm³/mol. The number of carbonyl (C=O) groups is 1. The van der Waals surface area contributed by atoms with Crippen molar-refractivity contribution in [1.29, 1.82) is 0 Å². The summed E-state index contributed by atoms with van der Waals surface area (Å²) in [6.07, 6.45) is -1.34. The van der Waals surface area contributed by atoms with E-state index in [2.05, 4.69) is 4.90 Å². The lowest BCUT2D eigenvalue weighted by atomic mass is 10.1. The fourth-order valence-corrected chi connectivity index (χ4v) is 4.35. The first kappa shape index (κ1) is 22.7. The second-order valence-corrected chi connectivity index (χ2v) is 8.67. The van der Waals surface area contributed by atoms with Crippen LogP contribution in [0.15, 0.2) is 66.7 Å². The number of hydrogen-bond acceptors (Lipinski definition) is 6. The Bertz CT molecular complexity index is 1390. The van der Waals surface area contributed by atoms with Crippen LogP contribution >= 0.6 is 0 Å². The van der Waals surface area contributed by atoms with Gasteiger partial charge in [0.05, 0.1) is 11.1 Å². The molecule has 2 N–H and O–H groups in total. The van der Waals surface area contributed by atoms with Crippen LogP contribution in [-0.4, -0.2) is 57.2 Å². The number of amides is 1. The number of halogens is 1. The number of para-hydroxylation sites is 1. The number of benzene rings is 3. The molecule has 2 heterocycles. The summed E-state index contributed by atoms with van der Waals surface area (Å²) in [5, 5.41) is 21.8. The molecule has 0 aliphatic carbocycles. The van der Waals surface area contributed by atoms with Gasteiger partial charge in [-0.25, -0.2) is 14.4 Å². The number of aromatic nitrogens is 2. The van der Waals surface area contributed by atoms with Crippen LogP contribution < -0.4 is 4.90 Å². The van der Waals surface area contributed by atoms with E-state index in [0.29, 0.717) is 43.1 Å². The van der Waals surface area contributed by atoms with Gasteiger partial charge in [0.1, 0.15) is 17.4 Å². The Morgan fingerprint density at radius 2 is 1.69 bits per heavy atom. The topological polar surface area (TPSA) is 89.8 Å². The highest BCUT2D eigenvalue weighted by molar-refractivity contribution is 5.92. The third-order valence-electron chi connectivity index (χ3n) is 6.29. The van der Waals surface area contributed by atoms with E-state index in [4.69, 9.17) is 9.97 Å². The normalized spacial score (nSPS) is 14.8. The van der Waals surface area contributed by atoms with Crippen molar-refractivity contribution < 1.29 is 19.4 Å². The quantitative estimate of drug-likeness (QED) is 0.469. The summed E-state index contributed by atoms with van der Waals surface area (Å²) in [7, 11) is 0. The van der Waals surface area contributed by atoms with Crippen molar-refractivity contribution in [3.05, 3.63) is 83.7 Å². The molecule has 1 fully saturated rings. The number of aliphatic hydroxyl groups is 1. The Balaban J connectivity index is 1.41. The number of rotatable bonds is 4. The molecule has 7 nitrogen and oxygen atoms in total. The second kappa shape index (κ2) is 9.31. The summed E-state index contributed by atoms with van der Waals surface area (Å²) in [5.74, 6) is 0.448. The molecule has 1 aliphatic rings. The molecule has 4 aromatic rings. The zero-order chi connectivity index (χ0) is 24.5. The van der Waals surface area contributed by atoms with Crippen LogP contribution in [0.25, 0.3) is 22.3 Å². The summed E-state index contributed by atoms with van der Waals surface area (Å²) >= 11 is 0. The van der Waals surface area contributed by atoms with Gasteiger partial charge < -0.3 is 20.0 Å². The average molecular weight is 473 g/mol. The van der Waals surface area contributed by atoms with Crippen molar-refractivity contribution in [2.75, 3.05) is 31.1 Å². The van der Waals surface area contributed by atoms with Crippen LogP contribution in [0.5, 0.6) is 5.75 Å². The van der Waals surface area contributed by atoms with E-state index in [9.17, 15) is 19.4 Å². The second-order valence-electron chi connectivity index (χ2n) is 8.67. The molecule has 1 unspecified atom stereocenters. The minimum atomic E-state index is -1.34. The van der Waals surface area contributed by atoms with E-state index >= 15 is 0 Å². The number of fused-ring (bicyclic) bond motifs is 1. The lowest BCUT2D eigenvalue weighted by molar-refractivity contribution is -0.140. The highest BCUT2D eigenvalue weighted by Crippen LogP contribution is 2.32. The highest BCUT2D eigenvalue weighted by Gasteiger charge is 2.28. The summed E-state index contributed by atoms with van der Waals surface area (Å²) in [6, 6.07) is 18.3. The Morgan fingerprint density at radius 1 is 0.971 bits per heavy atom. The van der Waals surface area contributed by atoms with E-state index in [1.165, 1.54) is 24.3 Å². The van der Waals surface area contributed by atoms with Gasteiger partial charge in [-0.15, -0.1) is 0 Å². The van der Waals surface area contributed by atoms with Crippen molar-refractivity contribution >= 4 is 22.6 Å². The van der Waals surface area contributed by atoms with Crippen molar-refractivity contribution in [1.82, 2.24) is 14.9 Å². The van der Waals surface area contributed by atoms with Crippen LogP contribution in [0.3, 0.4) is 0 Å². The van der Waals surface area contributed by atoms with Gasteiger partial charge in [0, 0.05) is 31.6 Å². The number of piperazine rings is 1. The van der Waals surface area contributed by atoms with E-state index in [1.807, 2.05) is 31.2 Å². The fraction of sp³-hybridized carbons (Fsp3) is 0.222. The SMILES string of the molecule is Cc1ccc2c(N3CCN(C(=O)C(O)c4ccc(F)cc4)CC3)nc(-c3ccccc3O)nc2c1. The number of carbonyl (C=O) groups excluding carboxylic acids is 1. The van der Waals surface area contributed by atoms with Gasteiger partial charge in [-0.1, -0.05) is 30.3 Å². The first-order chi connectivity index (χ1) is 16.9. The van der Waals surface area contributed by atoms with Crippen molar-refractivity contribution in [2.45, 2.75) is 13.0 Å². The molecule has 0 spiro atoms. The van der Waals surface area contributed by atoms with Gasteiger partial charge in [0.15, 0.2) is 11.9 Å². The molecular weight excluding hydrogens is 447 g/mol. The van der Waals surface area contributed by atoms with Crippen LogP contribution in [0, 0.1) is 12.7 Å². The van der Waals surface area contributed by atoms with Crippen molar-refractivity contribution in [3.8, 4) is 17.1 Å². The predicted octanol–water partition coefficient (Wildman–Crippen LogP) is 3.83. The maximum atomic E-state index is 13.2. The average Bonchev–Trinajstić information content (AvgIpc) is 2.88. The van der Waals surface area contributed by atoms with Crippen molar-refractivity contribution in [3.63, 3.8) is 0 Å². The molecule has 0 saturated carbocycles. The van der Waals surface area contributed by atoms with Crippen LogP contribution in [0.4, 0.5) is 10.2 Å². The standard InChI is InChI=1S/C27H25FN4O3/c1-17-6-11-20-22(16-17)29-25(21-4-2-3-5-23(21)33)30-26(20)31-12-14-32(15-13-31)27(35)24(34)18-7-9-19(28)10-8-18/h2-11,16,24,33-34H,12-15H2,1H3. The number of hydrogen-bond donors (Lipinski definition) is 2. The number of aromatic hydroxyl groups is 1.